The molecule has 26 heavy (non-hydrogen) atoms. The number of benzene rings is 1. The molecule has 0 fully saturated rings. The van der Waals surface area contributed by atoms with Gasteiger partial charge in [0.05, 0.1) is 16.6 Å². The predicted octanol–water partition coefficient (Wildman–Crippen LogP) is 2.35. The van der Waals surface area contributed by atoms with E-state index >= 15 is 0 Å². The average Bonchev–Trinajstić information content (AvgIpc) is 3.11. The predicted molar refractivity (Wildman–Crippen MR) is 101 cm³/mol. The summed E-state index contributed by atoms with van der Waals surface area (Å²) < 4.78 is 6.15. The molecule has 134 valence electrons. The molecule has 0 saturated carbocycles. The van der Waals surface area contributed by atoms with E-state index in [1.165, 1.54) is 11.6 Å². The summed E-state index contributed by atoms with van der Waals surface area (Å²) in [6, 6.07) is 5.44. The van der Waals surface area contributed by atoms with Crippen molar-refractivity contribution in [3.05, 3.63) is 66.5 Å². The molecule has 0 atom stereocenters. The van der Waals surface area contributed by atoms with Crippen LogP contribution in [0.1, 0.15) is 11.3 Å². The van der Waals surface area contributed by atoms with Gasteiger partial charge in [0.1, 0.15) is 0 Å². The first kappa shape index (κ1) is 16.9. The maximum Gasteiger partial charge on any atom is 0.332 e. The minimum absolute atomic E-state index is 0.357. The van der Waals surface area contributed by atoms with Crippen molar-refractivity contribution >= 4 is 40.1 Å². The van der Waals surface area contributed by atoms with Crippen LogP contribution in [0.3, 0.4) is 0 Å². The molecule has 3 aromatic heterocycles. The molecule has 0 bridgehead atoms. The van der Waals surface area contributed by atoms with Crippen molar-refractivity contribution in [3.8, 4) is 0 Å². The molecule has 3 heterocycles. The van der Waals surface area contributed by atoms with Crippen molar-refractivity contribution in [2.45, 2.75) is 13.5 Å². The van der Waals surface area contributed by atoms with Crippen molar-refractivity contribution in [1.82, 2.24) is 23.1 Å². The highest BCUT2D eigenvalue weighted by Crippen LogP contribution is 2.24. The van der Waals surface area contributed by atoms with Gasteiger partial charge in [-0.1, -0.05) is 29.3 Å². The standard InChI is InChI=1S/C17H15Cl2N5O2/c1-9-7-24-13-14(21(2)17(26)22(3)15(13)25)20-16(24)23(9)8-10-4-5-11(18)12(19)6-10/h4-7H,8H2,1-3H3. The Labute approximate surface area is 157 Å². The Balaban J connectivity index is 1.99. The Bertz CT molecular complexity index is 1310. The molecule has 0 radical (unpaired) electrons. The van der Waals surface area contributed by atoms with Crippen LogP contribution in [-0.4, -0.2) is 23.1 Å². The minimum atomic E-state index is -0.406. The lowest BCUT2D eigenvalue weighted by Gasteiger charge is -2.07. The van der Waals surface area contributed by atoms with Crippen molar-refractivity contribution < 1.29 is 0 Å². The zero-order valence-electron chi connectivity index (χ0n) is 14.3. The molecule has 1 aromatic carbocycles. The zero-order chi connectivity index (χ0) is 18.7. The quantitative estimate of drug-likeness (QED) is 0.526. The van der Waals surface area contributed by atoms with Crippen LogP contribution in [0, 0.1) is 6.92 Å². The summed E-state index contributed by atoms with van der Waals surface area (Å²) >= 11 is 12.1. The molecule has 0 aliphatic heterocycles. The van der Waals surface area contributed by atoms with Gasteiger partial charge in [0.15, 0.2) is 11.2 Å². The molecule has 0 aliphatic carbocycles. The van der Waals surface area contributed by atoms with Crippen LogP contribution in [0.5, 0.6) is 0 Å². The fourth-order valence-corrected chi connectivity index (χ4v) is 3.47. The molecule has 9 heteroatoms. The van der Waals surface area contributed by atoms with Crippen molar-refractivity contribution in [1.29, 1.82) is 0 Å². The number of fused-ring (bicyclic) bond motifs is 3. The minimum Gasteiger partial charge on any atom is -0.310 e. The number of imidazole rings is 2. The van der Waals surface area contributed by atoms with Gasteiger partial charge >= 0.3 is 5.69 Å². The zero-order valence-corrected chi connectivity index (χ0v) is 15.8. The Morgan fingerprint density at radius 2 is 1.81 bits per heavy atom. The van der Waals surface area contributed by atoms with Gasteiger partial charge < -0.3 is 4.57 Å². The molecule has 0 spiro atoms. The van der Waals surface area contributed by atoms with E-state index in [4.69, 9.17) is 23.2 Å². The van der Waals surface area contributed by atoms with Crippen LogP contribution in [0.4, 0.5) is 0 Å². The maximum absolute atomic E-state index is 12.6. The number of hydrogen-bond acceptors (Lipinski definition) is 3. The third kappa shape index (κ3) is 2.31. The molecule has 0 unspecified atom stereocenters. The van der Waals surface area contributed by atoms with E-state index in [2.05, 4.69) is 4.98 Å². The van der Waals surface area contributed by atoms with E-state index in [9.17, 15) is 9.59 Å². The number of nitrogens with zero attached hydrogens (tertiary/aromatic N) is 5. The van der Waals surface area contributed by atoms with Crippen LogP contribution in [0.15, 0.2) is 34.0 Å². The van der Waals surface area contributed by atoms with Crippen LogP contribution in [0.25, 0.3) is 16.9 Å². The SMILES string of the molecule is Cc1cn2c3c(=O)n(C)c(=O)n(C)c3nc2n1Cc1ccc(Cl)c(Cl)c1. The van der Waals surface area contributed by atoms with Gasteiger partial charge in [-0.2, -0.15) is 4.98 Å². The second-order valence-electron chi connectivity index (χ2n) is 6.26. The fourth-order valence-electron chi connectivity index (χ4n) is 3.15. The van der Waals surface area contributed by atoms with E-state index < -0.39 is 5.69 Å². The number of aromatic nitrogens is 5. The summed E-state index contributed by atoms with van der Waals surface area (Å²) in [5.41, 5.74) is 1.83. The van der Waals surface area contributed by atoms with Crippen LogP contribution in [0.2, 0.25) is 10.0 Å². The lowest BCUT2D eigenvalue weighted by atomic mass is 10.2. The maximum atomic E-state index is 12.6. The molecule has 7 nitrogen and oxygen atoms in total. The molecule has 4 aromatic rings. The van der Waals surface area contributed by atoms with E-state index in [0.717, 1.165) is 15.8 Å². The molecule has 0 aliphatic rings. The van der Waals surface area contributed by atoms with E-state index in [1.807, 2.05) is 23.8 Å². The molecule has 0 N–H and O–H groups in total. The van der Waals surface area contributed by atoms with Crippen LogP contribution < -0.4 is 11.2 Å². The number of rotatable bonds is 2. The highest BCUT2D eigenvalue weighted by molar-refractivity contribution is 6.42. The van der Waals surface area contributed by atoms with E-state index in [1.54, 1.807) is 23.6 Å². The normalized spacial score (nSPS) is 11.7. The van der Waals surface area contributed by atoms with Gasteiger partial charge in [-0.15, -0.1) is 0 Å². The fraction of sp³-hybridized carbons (Fsp3) is 0.235. The summed E-state index contributed by atoms with van der Waals surface area (Å²) in [4.78, 5) is 29.3. The average molecular weight is 392 g/mol. The summed E-state index contributed by atoms with van der Waals surface area (Å²) in [5, 5.41) is 0.976. The Morgan fingerprint density at radius 3 is 2.50 bits per heavy atom. The van der Waals surface area contributed by atoms with Gasteiger partial charge in [0.25, 0.3) is 5.56 Å². The Morgan fingerprint density at radius 1 is 1.08 bits per heavy atom. The van der Waals surface area contributed by atoms with E-state index in [-0.39, 0.29) is 5.56 Å². The molecule has 0 amide bonds. The van der Waals surface area contributed by atoms with Gasteiger partial charge in [-0.05, 0) is 24.6 Å². The summed E-state index contributed by atoms with van der Waals surface area (Å²) in [6.07, 6.45) is 1.84. The lowest BCUT2D eigenvalue weighted by molar-refractivity contribution is 0.707. The van der Waals surface area contributed by atoms with Crippen molar-refractivity contribution in [2.24, 2.45) is 14.1 Å². The smallest absolute Gasteiger partial charge is 0.310 e. The highest BCUT2D eigenvalue weighted by atomic mass is 35.5. The van der Waals surface area contributed by atoms with Crippen molar-refractivity contribution in [2.75, 3.05) is 0 Å². The summed E-state index contributed by atoms with van der Waals surface area (Å²) in [6.45, 7) is 2.45. The van der Waals surface area contributed by atoms with Crippen LogP contribution in [-0.2, 0) is 20.6 Å². The number of halogens is 2. The van der Waals surface area contributed by atoms with Gasteiger partial charge in [-0.25, -0.2) is 4.79 Å². The third-order valence-electron chi connectivity index (χ3n) is 4.58. The lowest BCUT2D eigenvalue weighted by Crippen LogP contribution is -2.37. The topological polar surface area (TPSA) is 66.2 Å². The largest absolute Gasteiger partial charge is 0.332 e. The second-order valence-corrected chi connectivity index (χ2v) is 7.08. The first-order valence-electron chi connectivity index (χ1n) is 7.87. The Hall–Kier alpha value is -2.51. The Kier molecular flexibility index (Phi) is 3.75. The third-order valence-corrected chi connectivity index (χ3v) is 5.32. The molecule has 4 rings (SSSR count). The summed E-state index contributed by atoms with van der Waals surface area (Å²) in [5.74, 6) is 0.585. The van der Waals surface area contributed by atoms with E-state index in [0.29, 0.717) is 33.5 Å². The number of aryl methyl sites for hydroxylation is 2. The molecular weight excluding hydrogens is 377 g/mol. The number of hydrogen-bond donors (Lipinski definition) is 0. The first-order chi connectivity index (χ1) is 12.3. The first-order valence-corrected chi connectivity index (χ1v) is 8.63. The van der Waals surface area contributed by atoms with Crippen molar-refractivity contribution in [3.63, 3.8) is 0 Å². The molecule has 0 saturated heterocycles. The van der Waals surface area contributed by atoms with Gasteiger partial charge in [0, 0.05) is 26.0 Å². The van der Waals surface area contributed by atoms with Gasteiger partial charge in [0.2, 0.25) is 5.78 Å². The van der Waals surface area contributed by atoms with Crippen LogP contribution >= 0.6 is 23.2 Å². The molecular formula is C17H15Cl2N5O2. The summed E-state index contributed by atoms with van der Waals surface area (Å²) in [7, 11) is 3.07. The van der Waals surface area contributed by atoms with Gasteiger partial charge in [-0.3, -0.25) is 18.3 Å². The highest BCUT2D eigenvalue weighted by Gasteiger charge is 2.19. The monoisotopic (exact) mass is 391 g/mol. The second kappa shape index (κ2) is 5.75.